The first-order valence-electron chi connectivity index (χ1n) is 6.57. The molecule has 0 radical (unpaired) electrons. The summed E-state index contributed by atoms with van der Waals surface area (Å²) in [5.41, 5.74) is 0.985. The van der Waals surface area contributed by atoms with E-state index in [0.717, 1.165) is 26.0 Å². The SMILES string of the molecule is Cc1nn([C@H](C)c2nn3c(C4CC4)nnc3s2)cc1Br. The van der Waals surface area contributed by atoms with Gasteiger partial charge in [0.15, 0.2) is 5.82 Å². The van der Waals surface area contributed by atoms with Crippen molar-refractivity contribution in [1.29, 1.82) is 0 Å². The van der Waals surface area contributed by atoms with Gasteiger partial charge >= 0.3 is 0 Å². The van der Waals surface area contributed by atoms with Gasteiger partial charge in [-0.25, -0.2) is 0 Å². The summed E-state index contributed by atoms with van der Waals surface area (Å²) in [7, 11) is 0. The topological polar surface area (TPSA) is 60.9 Å². The van der Waals surface area contributed by atoms with E-state index in [2.05, 4.69) is 43.2 Å². The summed E-state index contributed by atoms with van der Waals surface area (Å²) in [6, 6.07) is 0.0961. The highest BCUT2D eigenvalue weighted by Gasteiger charge is 2.30. The van der Waals surface area contributed by atoms with E-state index in [1.54, 1.807) is 11.3 Å². The van der Waals surface area contributed by atoms with E-state index >= 15 is 0 Å². The van der Waals surface area contributed by atoms with Gasteiger partial charge in [0, 0.05) is 12.1 Å². The molecule has 3 aromatic rings. The van der Waals surface area contributed by atoms with Crippen LogP contribution in [0, 0.1) is 6.92 Å². The molecule has 0 spiro atoms. The second-order valence-electron chi connectivity index (χ2n) is 5.19. The maximum atomic E-state index is 4.68. The number of fused-ring (bicyclic) bond motifs is 1. The summed E-state index contributed by atoms with van der Waals surface area (Å²) >= 11 is 5.08. The molecule has 104 valence electrons. The first kappa shape index (κ1) is 12.5. The van der Waals surface area contributed by atoms with Crippen molar-refractivity contribution in [2.45, 2.75) is 38.6 Å². The molecule has 3 heterocycles. The monoisotopic (exact) mass is 352 g/mol. The fourth-order valence-corrected chi connectivity index (χ4v) is 3.36. The van der Waals surface area contributed by atoms with Crippen molar-refractivity contribution in [3.05, 3.63) is 27.2 Å². The van der Waals surface area contributed by atoms with Crippen molar-refractivity contribution in [3.8, 4) is 0 Å². The molecule has 0 aliphatic heterocycles. The number of halogens is 1. The third kappa shape index (κ3) is 1.89. The number of hydrogen-bond donors (Lipinski definition) is 0. The molecule has 0 N–H and O–H groups in total. The standard InChI is InChI=1S/C12H13BrN6S/c1-6-9(13)5-18(16-6)7(2)11-17-19-10(8-3-4-8)14-15-12(19)20-11/h5,7-8H,3-4H2,1-2H3/t7-/m1/s1. The van der Waals surface area contributed by atoms with E-state index in [0.29, 0.717) is 5.92 Å². The van der Waals surface area contributed by atoms with Gasteiger partial charge in [0.05, 0.1) is 10.2 Å². The largest absolute Gasteiger partial charge is 0.262 e. The summed E-state index contributed by atoms with van der Waals surface area (Å²) in [6.07, 6.45) is 4.40. The van der Waals surface area contributed by atoms with Crippen LogP contribution in [0.2, 0.25) is 0 Å². The first-order chi connectivity index (χ1) is 9.63. The summed E-state index contributed by atoms with van der Waals surface area (Å²) in [6.45, 7) is 4.08. The quantitative estimate of drug-likeness (QED) is 0.726. The zero-order chi connectivity index (χ0) is 13.9. The Balaban J connectivity index is 1.73. The van der Waals surface area contributed by atoms with Crippen molar-refractivity contribution >= 4 is 32.2 Å². The van der Waals surface area contributed by atoms with Gasteiger partial charge < -0.3 is 0 Å². The number of hydrogen-bond acceptors (Lipinski definition) is 5. The maximum Gasteiger partial charge on any atom is 0.234 e. The molecule has 1 aliphatic rings. The van der Waals surface area contributed by atoms with Gasteiger partial charge in [-0.05, 0) is 42.6 Å². The Labute approximate surface area is 128 Å². The van der Waals surface area contributed by atoms with Crippen LogP contribution in [0.4, 0.5) is 0 Å². The number of aromatic nitrogens is 6. The van der Waals surface area contributed by atoms with Gasteiger partial charge in [0.2, 0.25) is 4.96 Å². The Bertz CT molecular complexity index is 764. The molecule has 3 aromatic heterocycles. The van der Waals surface area contributed by atoms with E-state index in [-0.39, 0.29) is 6.04 Å². The Kier molecular flexibility index (Phi) is 2.71. The minimum absolute atomic E-state index is 0.0961. The first-order valence-corrected chi connectivity index (χ1v) is 8.17. The Morgan fingerprint density at radius 1 is 1.35 bits per heavy atom. The van der Waals surface area contributed by atoms with Gasteiger partial charge in [-0.1, -0.05) is 11.3 Å². The average Bonchev–Trinajstić information content (AvgIpc) is 2.91. The lowest BCUT2D eigenvalue weighted by Gasteiger charge is -2.07. The molecule has 1 fully saturated rings. The lowest BCUT2D eigenvalue weighted by molar-refractivity contribution is 0.549. The van der Waals surface area contributed by atoms with Crippen molar-refractivity contribution in [2.24, 2.45) is 0 Å². The molecule has 0 saturated heterocycles. The Morgan fingerprint density at radius 3 is 2.80 bits per heavy atom. The molecule has 1 saturated carbocycles. The zero-order valence-electron chi connectivity index (χ0n) is 11.1. The van der Waals surface area contributed by atoms with Crippen LogP contribution < -0.4 is 0 Å². The second-order valence-corrected chi connectivity index (χ2v) is 7.03. The van der Waals surface area contributed by atoms with Crippen molar-refractivity contribution in [2.75, 3.05) is 0 Å². The van der Waals surface area contributed by atoms with Crippen LogP contribution in [-0.4, -0.2) is 29.6 Å². The zero-order valence-corrected chi connectivity index (χ0v) is 13.5. The molecule has 4 rings (SSSR count). The summed E-state index contributed by atoms with van der Waals surface area (Å²) in [5.74, 6) is 1.56. The molecular weight excluding hydrogens is 340 g/mol. The molecule has 1 aliphatic carbocycles. The fraction of sp³-hybridized carbons (Fsp3) is 0.500. The van der Waals surface area contributed by atoms with Gasteiger partial charge in [-0.2, -0.15) is 14.7 Å². The van der Waals surface area contributed by atoms with Crippen LogP contribution >= 0.6 is 27.3 Å². The normalized spacial score (nSPS) is 16.9. The third-order valence-corrected chi connectivity index (χ3v) is 5.43. The van der Waals surface area contributed by atoms with E-state index < -0.39 is 0 Å². The third-order valence-electron chi connectivity index (χ3n) is 3.58. The molecule has 8 heteroatoms. The molecule has 20 heavy (non-hydrogen) atoms. The summed E-state index contributed by atoms with van der Waals surface area (Å²) in [5, 5.41) is 18.7. The minimum Gasteiger partial charge on any atom is -0.262 e. The molecular formula is C12H13BrN6S. The second kappa shape index (κ2) is 4.36. The number of nitrogens with zero attached hydrogens (tertiary/aromatic N) is 6. The van der Waals surface area contributed by atoms with Crippen molar-refractivity contribution < 1.29 is 0 Å². The van der Waals surface area contributed by atoms with Crippen LogP contribution in [0.5, 0.6) is 0 Å². The van der Waals surface area contributed by atoms with Crippen LogP contribution in [0.25, 0.3) is 4.96 Å². The van der Waals surface area contributed by atoms with Gasteiger partial charge in [-0.3, -0.25) is 4.68 Å². The summed E-state index contributed by atoms with van der Waals surface area (Å²) in [4.78, 5) is 0.872. The van der Waals surface area contributed by atoms with Gasteiger partial charge in [0.1, 0.15) is 11.0 Å². The molecule has 0 amide bonds. The highest BCUT2D eigenvalue weighted by atomic mass is 79.9. The van der Waals surface area contributed by atoms with Crippen molar-refractivity contribution in [1.82, 2.24) is 29.6 Å². The Hall–Kier alpha value is -1.28. The van der Waals surface area contributed by atoms with Crippen LogP contribution in [-0.2, 0) is 0 Å². The van der Waals surface area contributed by atoms with E-state index in [1.807, 2.05) is 22.3 Å². The molecule has 6 nitrogen and oxygen atoms in total. The fourth-order valence-electron chi connectivity index (χ4n) is 2.18. The van der Waals surface area contributed by atoms with Crippen LogP contribution in [0.1, 0.15) is 48.3 Å². The maximum absolute atomic E-state index is 4.68. The predicted molar refractivity (Wildman–Crippen MR) is 79.1 cm³/mol. The van der Waals surface area contributed by atoms with Crippen LogP contribution in [0.15, 0.2) is 10.7 Å². The number of aryl methyl sites for hydroxylation is 1. The summed E-state index contributed by atoms with van der Waals surface area (Å²) < 4.78 is 4.85. The lowest BCUT2D eigenvalue weighted by atomic mass is 10.4. The lowest BCUT2D eigenvalue weighted by Crippen LogP contribution is -2.08. The highest BCUT2D eigenvalue weighted by Crippen LogP contribution is 2.39. The van der Waals surface area contributed by atoms with Crippen molar-refractivity contribution in [3.63, 3.8) is 0 Å². The molecule has 1 atom stereocenters. The van der Waals surface area contributed by atoms with Gasteiger partial charge in [0.25, 0.3) is 0 Å². The van der Waals surface area contributed by atoms with E-state index in [1.165, 1.54) is 12.8 Å². The molecule has 0 aromatic carbocycles. The smallest absolute Gasteiger partial charge is 0.234 e. The molecule has 0 bridgehead atoms. The van der Waals surface area contributed by atoms with E-state index in [9.17, 15) is 0 Å². The van der Waals surface area contributed by atoms with Gasteiger partial charge in [-0.15, -0.1) is 10.2 Å². The Morgan fingerprint density at radius 2 is 2.15 bits per heavy atom. The van der Waals surface area contributed by atoms with E-state index in [4.69, 9.17) is 0 Å². The minimum atomic E-state index is 0.0961. The van der Waals surface area contributed by atoms with Crippen LogP contribution in [0.3, 0.4) is 0 Å². The highest BCUT2D eigenvalue weighted by molar-refractivity contribution is 9.10. The average molecular weight is 353 g/mol. The predicted octanol–water partition coefficient (Wildman–Crippen LogP) is 2.94. The number of rotatable bonds is 3. The molecule has 0 unspecified atom stereocenters.